The molecule has 0 radical (unpaired) electrons. The molecule has 2 N–H and O–H groups in total. The minimum absolute atomic E-state index is 0.161. The quantitative estimate of drug-likeness (QED) is 0.824. The molecule has 0 fully saturated rings. The Morgan fingerprint density at radius 2 is 2.00 bits per heavy atom. The minimum atomic E-state index is 0.161. The number of nitrogens with one attached hydrogen (secondary N) is 2. The molecule has 26 heavy (non-hydrogen) atoms. The summed E-state index contributed by atoms with van der Waals surface area (Å²) in [7, 11) is 0. The zero-order chi connectivity index (χ0) is 17.1. The Morgan fingerprint density at radius 1 is 1.08 bits per heavy atom. The minimum Gasteiger partial charge on any atom is -0.369 e. The first-order valence-electron chi connectivity index (χ1n) is 9.59. The number of hydrogen-bond acceptors (Lipinski definition) is 5. The van der Waals surface area contributed by atoms with Gasteiger partial charge in [0.2, 0.25) is 0 Å². The highest BCUT2D eigenvalue weighted by Gasteiger charge is 2.34. The monoisotopic (exact) mass is 343 g/mol. The molecule has 1 aromatic heterocycles. The van der Waals surface area contributed by atoms with Crippen molar-refractivity contribution in [3.8, 4) is 0 Å². The second kappa shape index (κ2) is 5.40. The molecule has 3 aliphatic heterocycles. The van der Waals surface area contributed by atoms with Gasteiger partial charge < -0.3 is 10.7 Å². The molecule has 0 bridgehead atoms. The van der Waals surface area contributed by atoms with Gasteiger partial charge in [0, 0.05) is 29.8 Å². The molecule has 6 rings (SSSR count). The van der Waals surface area contributed by atoms with Crippen molar-refractivity contribution < 1.29 is 0 Å². The number of aromatic nitrogens is 1. The van der Waals surface area contributed by atoms with Crippen LogP contribution >= 0.6 is 0 Å². The fraction of sp³-hybridized carbons (Fsp3) is 0.381. The Balaban J connectivity index is 1.54. The number of dihydropyridines is 1. The van der Waals surface area contributed by atoms with E-state index in [4.69, 9.17) is 9.98 Å². The molecule has 4 unspecified atom stereocenters. The van der Waals surface area contributed by atoms with E-state index < -0.39 is 0 Å². The van der Waals surface area contributed by atoms with Crippen LogP contribution in [0, 0.1) is 5.92 Å². The van der Waals surface area contributed by atoms with Crippen LogP contribution in [0.2, 0.25) is 0 Å². The van der Waals surface area contributed by atoms with Gasteiger partial charge >= 0.3 is 0 Å². The highest BCUT2D eigenvalue weighted by atomic mass is 15.3. The van der Waals surface area contributed by atoms with Crippen LogP contribution in [0.4, 0.5) is 0 Å². The van der Waals surface area contributed by atoms with Crippen LogP contribution in [0.3, 0.4) is 0 Å². The van der Waals surface area contributed by atoms with Gasteiger partial charge in [-0.25, -0.2) is 4.98 Å². The van der Waals surface area contributed by atoms with Crippen LogP contribution in [0.5, 0.6) is 0 Å². The number of pyridine rings is 1. The molecule has 1 aromatic rings. The second-order valence-corrected chi connectivity index (χ2v) is 7.69. The molecule has 0 aromatic carbocycles. The van der Waals surface area contributed by atoms with Crippen LogP contribution in [-0.2, 0) is 12.8 Å². The van der Waals surface area contributed by atoms with Crippen LogP contribution < -0.4 is 10.7 Å². The average molecular weight is 343 g/mol. The second-order valence-electron chi connectivity index (χ2n) is 7.69. The number of nitrogens with zero attached hydrogens (tertiary/aromatic N) is 3. The SMILES string of the molecule is C1=CC2C=C(c3nc4c(c5c3CCCC5)C3C=NNC3C=C4)C=NC2N1. The predicted octanol–water partition coefficient (Wildman–Crippen LogP) is 2.56. The summed E-state index contributed by atoms with van der Waals surface area (Å²) in [4.78, 5) is 9.85. The van der Waals surface area contributed by atoms with Crippen LogP contribution in [-0.4, -0.2) is 29.6 Å². The maximum Gasteiger partial charge on any atom is 0.128 e. The maximum absolute atomic E-state index is 5.14. The van der Waals surface area contributed by atoms with Gasteiger partial charge in [-0.1, -0.05) is 18.2 Å². The third-order valence-corrected chi connectivity index (χ3v) is 6.20. The van der Waals surface area contributed by atoms with E-state index in [0.717, 1.165) is 24.2 Å². The van der Waals surface area contributed by atoms with Crippen LogP contribution in [0.15, 0.2) is 34.5 Å². The summed E-state index contributed by atoms with van der Waals surface area (Å²) >= 11 is 0. The Kier molecular flexibility index (Phi) is 3.01. The molecule has 5 nitrogen and oxygen atoms in total. The molecule has 2 aliphatic carbocycles. The molecule has 5 aliphatic rings. The van der Waals surface area contributed by atoms with E-state index in [-0.39, 0.29) is 12.2 Å². The van der Waals surface area contributed by atoms with E-state index >= 15 is 0 Å². The number of hydrogen-bond donors (Lipinski definition) is 2. The average Bonchev–Trinajstić information content (AvgIpc) is 3.35. The molecule has 0 amide bonds. The topological polar surface area (TPSA) is 61.7 Å². The normalized spacial score (nSPS) is 32.2. The zero-order valence-corrected chi connectivity index (χ0v) is 14.5. The standard InChI is InChI=1S/C21H21N5/c1-2-4-15-14(3-1)19-16-11-24-26-17(16)5-6-18(19)25-20(15)13-9-12-7-8-22-21(12)23-10-13/h5-12,16-17,21-22,26H,1-4H2. The van der Waals surface area contributed by atoms with E-state index in [1.165, 1.54) is 35.1 Å². The van der Waals surface area contributed by atoms with Crippen LogP contribution in [0.25, 0.3) is 11.6 Å². The van der Waals surface area contributed by atoms with Crippen molar-refractivity contribution in [1.29, 1.82) is 0 Å². The third kappa shape index (κ3) is 2.00. The Morgan fingerprint density at radius 3 is 2.96 bits per heavy atom. The Bertz CT molecular complexity index is 936. The zero-order valence-electron chi connectivity index (χ0n) is 14.5. The molecular weight excluding hydrogens is 322 g/mol. The fourth-order valence-electron chi connectivity index (χ4n) is 4.92. The van der Waals surface area contributed by atoms with E-state index in [1.54, 1.807) is 0 Å². The number of rotatable bonds is 1. The van der Waals surface area contributed by atoms with E-state index in [9.17, 15) is 0 Å². The number of aliphatic imine (C=N–C) groups is 1. The summed E-state index contributed by atoms with van der Waals surface area (Å²) in [6.07, 6.45) is 19.9. The van der Waals surface area contributed by atoms with Gasteiger partial charge in [0.15, 0.2) is 0 Å². The lowest BCUT2D eigenvalue weighted by molar-refractivity contribution is 0.573. The van der Waals surface area contributed by atoms with Crippen molar-refractivity contribution in [2.45, 2.75) is 43.8 Å². The molecule has 4 atom stereocenters. The highest BCUT2D eigenvalue weighted by Crippen LogP contribution is 2.40. The van der Waals surface area contributed by atoms with Gasteiger partial charge in [-0.3, -0.25) is 4.99 Å². The van der Waals surface area contributed by atoms with Gasteiger partial charge in [-0.15, -0.1) is 0 Å². The summed E-state index contributed by atoms with van der Waals surface area (Å²) < 4.78 is 0. The number of hydrazone groups is 1. The smallest absolute Gasteiger partial charge is 0.128 e. The molecule has 4 heterocycles. The molecule has 0 saturated carbocycles. The third-order valence-electron chi connectivity index (χ3n) is 6.20. The number of fused-ring (bicyclic) bond motifs is 6. The first kappa shape index (κ1) is 14.5. The summed E-state index contributed by atoms with van der Waals surface area (Å²) in [5.74, 6) is 0.655. The lowest BCUT2D eigenvalue weighted by atomic mass is 9.77. The van der Waals surface area contributed by atoms with Crippen molar-refractivity contribution in [2.75, 3.05) is 0 Å². The Labute approximate surface area is 152 Å². The summed E-state index contributed by atoms with van der Waals surface area (Å²) in [6, 6.07) is 0.284. The van der Waals surface area contributed by atoms with Gasteiger partial charge in [-0.05, 0) is 54.6 Å². The van der Waals surface area contributed by atoms with Gasteiger partial charge in [0.1, 0.15) is 6.17 Å². The molecule has 0 spiro atoms. The van der Waals surface area contributed by atoms with Crippen LogP contribution in [0.1, 0.15) is 46.8 Å². The fourth-order valence-corrected chi connectivity index (χ4v) is 4.92. The lowest BCUT2D eigenvalue weighted by Gasteiger charge is -2.30. The molecule has 5 heteroatoms. The lowest BCUT2D eigenvalue weighted by Crippen LogP contribution is -2.29. The van der Waals surface area contributed by atoms with Crippen molar-refractivity contribution in [1.82, 2.24) is 15.7 Å². The largest absolute Gasteiger partial charge is 0.369 e. The van der Waals surface area contributed by atoms with Gasteiger partial charge in [0.25, 0.3) is 0 Å². The van der Waals surface area contributed by atoms with Gasteiger partial charge in [-0.2, -0.15) is 5.10 Å². The van der Waals surface area contributed by atoms with Crippen molar-refractivity contribution in [3.05, 3.63) is 52.5 Å². The van der Waals surface area contributed by atoms with Crippen molar-refractivity contribution in [3.63, 3.8) is 0 Å². The van der Waals surface area contributed by atoms with E-state index in [0.29, 0.717) is 11.8 Å². The highest BCUT2D eigenvalue weighted by molar-refractivity contribution is 6.10. The van der Waals surface area contributed by atoms with Crippen molar-refractivity contribution in [2.24, 2.45) is 16.0 Å². The molecule has 0 saturated heterocycles. The first-order valence-corrected chi connectivity index (χ1v) is 9.59. The Hall–Kier alpha value is -2.69. The summed E-state index contributed by atoms with van der Waals surface area (Å²) in [5.41, 5.74) is 11.0. The van der Waals surface area contributed by atoms with E-state index in [2.05, 4.69) is 46.4 Å². The first-order chi connectivity index (χ1) is 12.9. The van der Waals surface area contributed by atoms with E-state index in [1.807, 2.05) is 12.4 Å². The summed E-state index contributed by atoms with van der Waals surface area (Å²) in [5, 5.41) is 7.61. The summed E-state index contributed by atoms with van der Waals surface area (Å²) in [6.45, 7) is 0. The van der Waals surface area contributed by atoms with Crippen molar-refractivity contribution >= 4 is 24.1 Å². The van der Waals surface area contributed by atoms with Gasteiger partial charge in [0.05, 0.1) is 17.4 Å². The number of allylic oxidation sites excluding steroid dienone is 1. The maximum atomic E-state index is 5.14. The molecular formula is C21H21N5. The molecule has 130 valence electrons. The predicted molar refractivity (Wildman–Crippen MR) is 104 cm³/mol.